The second kappa shape index (κ2) is 4.01. The molecule has 0 saturated heterocycles. The van der Waals surface area contributed by atoms with Crippen molar-refractivity contribution in [2.45, 2.75) is 19.3 Å². The minimum atomic E-state index is 0.309. The summed E-state index contributed by atoms with van der Waals surface area (Å²) in [7, 11) is 0. The molecule has 2 heteroatoms. The number of hydrogen-bond donors (Lipinski definition) is 1. The van der Waals surface area contributed by atoms with E-state index in [4.69, 9.17) is 9.84 Å². The fraction of sp³-hybridized carbons (Fsp3) is 0.500. The first kappa shape index (κ1) is 9.53. The van der Waals surface area contributed by atoms with Crippen LogP contribution in [0.4, 0.5) is 0 Å². The molecule has 0 bridgehead atoms. The van der Waals surface area contributed by atoms with E-state index in [2.05, 4.69) is 12.1 Å². The molecule has 1 aliphatic rings. The highest BCUT2D eigenvalue weighted by Gasteiger charge is 2.37. The Labute approximate surface area is 84.5 Å². The van der Waals surface area contributed by atoms with Crippen molar-refractivity contribution in [3.8, 4) is 5.75 Å². The van der Waals surface area contributed by atoms with Crippen LogP contribution in [-0.4, -0.2) is 18.3 Å². The molecule has 2 unspecified atom stereocenters. The van der Waals surface area contributed by atoms with Gasteiger partial charge >= 0.3 is 0 Å². The first-order valence-electron chi connectivity index (χ1n) is 5.18. The van der Waals surface area contributed by atoms with Crippen molar-refractivity contribution in [2.24, 2.45) is 5.92 Å². The molecule has 1 aliphatic carbocycles. The minimum Gasteiger partial charge on any atom is -0.494 e. The van der Waals surface area contributed by atoms with E-state index in [9.17, 15) is 0 Å². The van der Waals surface area contributed by atoms with Crippen LogP contribution in [0.3, 0.4) is 0 Å². The molecule has 1 N–H and O–H groups in total. The SMILES string of the molecule is CCOc1cccc(C2CC2CO)c1. The Kier molecular flexibility index (Phi) is 2.73. The molecule has 2 rings (SSSR count). The maximum Gasteiger partial charge on any atom is 0.119 e. The van der Waals surface area contributed by atoms with E-state index in [1.54, 1.807) is 0 Å². The fourth-order valence-electron chi connectivity index (χ4n) is 1.86. The summed E-state index contributed by atoms with van der Waals surface area (Å²) in [6, 6.07) is 8.20. The molecule has 1 aromatic carbocycles. The van der Waals surface area contributed by atoms with Gasteiger partial charge in [-0.2, -0.15) is 0 Å². The highest BCUT2D eigenvalue weighted by molar-refractivity contribution is 5.34. The summed E-state index contributed by atoms with van der Waals surface area (Å²) in [4.78, 5) is 0. The zero-order valence-electron chi connectivity index (χ0n) is 8.44. The van der Waals surface area contributed by atoms with Crippen LogP contribution in [0.1, 0.15) is 24.8 Å². The lowest BCUT2D eigenvalue weighted by Crippen LogP contribution is -1.93. The first-order valence-corrected chi connectivity index (χ1v) is 5.18. The Hall–Kier alpha value is -1.02. The minimum absolute atomic E-state index is 0.309. The monoisotopic (exact) mass is 192 g/mol. The third-order valence-corrected chi connectivity index (χ3v) is 2.75. The van der Waals surface area contributed by atoms with Crippen LogP contribution >= 0.6 is 0 Å². The normalized spacial score (nSPS) is 24.7. The third kappa shape index (κ3) is 1.90. The van der Waals surface area contributed by atoms with Crippen molar-refractivity contribution in [1.29, 1.82) is 0 Å². The predicted molar refractivity (Wildman–Crippen MR) is 55.5 cm³/mol. The molecule has 2 atom stereocenters. The van der Waals surface area contributed by atoms with E-state index in [1.807, 2.05) is 19.1 Å². The molecule has 76 valence electrons. The van der Waals surface area contributed by atoms with E-state index < -0.39 is 0 Å². The first-order chi connectivity index (χ1) is 6.85. The van der Waals surface area contributed by atoms with Gasteiger partial charge in [-0.3, -0.25) is 0 Å². The summed E-state index contributed by atoms with van der Waals surface area (Å²) in [5.74, 6) is 1.97. The average molecular weight is 192 g/mol. The Morgan fingerprint density at radius 1 is 1.50 bits per heavy atom. The number of rotatable bonds is 4. The van der Waals surface area contributed by atoms with Crippen LogP contribution in [0, 0.1) is 5.92 Å². The number of hydrogen-bond acceptors (Lipinski definition) is 2. The van der Waals surface area contributed by atoms with Gasteiger partial charge in [0.1, 0.15) is 5.75 Å². The predicted octanol–water partition coefficient (Wildman–Crippen LogP) is 2.18. The number of benzene rings is 1. The summed E-state index contributed by atoms with van der Waals surface area (Å²) < 4.78 is 5.43. The number of aliphatic hydroxyl groups excluding tert-OH is 1. The van der Waals surface area contributed by atoms with Crippen LogP contribution in [0.5, 0.6) is 5.75 Å². The van der Waals surface area contributed by atoms with E-state index >= 15 is 0 Å². The van der Waals surface area contributed by atoms with Crippen LogP contribution in [-0.2, 0) is 0 Å². The van der Waals surface area contributed by atoms with E-state index in [0.29, 0.717) is 25.0 Å². The van der Waals surface area contributed by atoms with Gasteiger partial charge < -0.3 is 9.84 Å². The summed E-state index contributed by atoms with van der Waals surface area (Å²) in [5, 5.41) is 8.98. The maximum absolute atomic E-state index is 8.98. The van der Waals surface area contributed by atoms with Gasteiger partial charge in [0.25, 0.3) is 0 Å². The number of aliphatic hydroxyl groups is 1. The van der Waals surface area contributed by atoms with Crippen molar-refractivity contribution in [1.82, 2.24) is 0 Å². The van der Waals surface area contributed by atoms with Crippen LogP contribution in [0.2, 0.25) is 0 Å². The highest BCUT2D eigenvalue weighted by atomic mass is 16.5. The Morgan fingerprint density at radius 2 is 2.36 bits per heavy atom. The lowest BCUT2D eigenvalue weighted by Gasteiger charge is -2.05. The standard InChI is InChI=1S/C12H16O2/c1-2-14-11-5-3-4-9(6-11)12-7-10(12)8-13/h3-6,10,12-13H,2,7-8H2,1H3. The molecule has 14 heavy (non-hydrogen) atoms. The van der Waals surface area contributed by atoms with Crippen LogP contribution < -0.4 is 4.74 Å². The molecule has 0 radical (unpaired) electrons. The van der Waals surface area contributed by atoms with Gasteiger partial charge in [0.2, 0.25) is 0 Å². The van der Waals surface area contributed by atoms with Gasteiger partial charge in [-0.15, -0.1) is 0 Å². The summed E-state index contributed by atoms with van der Waals surface area (Å²) >= 11 is 0. The molecular weight excluding hydrogens is 176 g/mol. The Balaban J connectivity index is 2.07. The highest BCUT2D eigenvalue weighted by Crippen LogP contribution is 2.47. The second-order valence-electron chi connectivity index (χ2n) is 3.79. The third-order valence-electron chi connectivity index (χ3n) is 2.75. The lowest BCUT2D eigenvalue weighted by molar-refractivity contribution is 0.274. The maximum atomic E-state index is 8.98. The lowest BCUT2D eigenvalue weighted by atomic mass is 10.1. The van der Waals surface area contributed by atoms with Crippen molar-refractivity contribution in [3.05, 3.63) is 29.8 Å². The quantitative estimate of drug-likeness (QED) is 0.792. The molecule has 1 fully saturated rings. The van der Waals surface area contributed by atoms with Crippen molar-refractivity contribution < 1.29 is 9.84 Å². The van der Waals surface area contributed by atoms with Crippen LogP contribution in [0.25, 0.3) is 0 Å². The largest absolute Gasteiger partial charge is 0.494 e. The van der Waals surface area contributed by atoms with Gasteiger partial charge in [0.05, 0.1) is 6.61 Å². The topological polar surface area (TPSA) is 29.5 Å². The smallest absolute Gasteiger partial charge is 0.119 e. The van der Waals surface area contributed by atoms with Gasteiger partial charge in [-0.1, -0.05) is 12.1 Å². The Morgan fingerprint density at radius 3 is 3.00 bits per heavy atom. The molecule has 0 aromatic heterocycles. The second-order valence-corrected chi connectivity index (χ2v) is 3.79. The van der Waals surface area contributed by atoms with E-state index in [0.717, 1.165) is 12.2 Å². The summed E-state index contributed by atoms with van der Waals surface area (Å²) in [6.45, 7) is 3.00. The molecular formula is C12H16O2. The van der Waals surface area contributed by atoms with Crippen molar-refractivity contribution in [3.63, 3.8) is 0 Å². The molecule has 0 heterocycles. The molecule has 1 aromatic rings. The van der Waals surface area contributed by atoms with E-state index in [-0.39, 0.29) is 0 Å². The Bertz CT molecular complexity index is 309. The van der Waals surface area contributed by atoms with Gasteiger partial charge in [0.15, 0.2) is 0 Å². The van der Waals surface area contributed by atoms with Gasteiger partial charge in [-0.25, -0.2) is 0 Å². The summed E-state index contributed by atoms with van der Waals surface area (Å²) in [6.07, 6.45) is 1.12. The average Bonchev–Trinajstić information content (AvgIpc) is 2.98. The number of ether oxygens (including phenoxy) is 1. The van der Waals surface area contributed by atoms with Gasteiger partial charge in [0, 0.05) is 6.61 Å². The molecule has 0 aliphatic heterocycles. The molecule has 0 spiro atoms. The summed E-state index contributed by atoms with van der Waals surface area (Å²) in [5.41, 5.74) is 1.30. The van der Waals surface area contributed by atoms with E-state index in [1.165, 1.54) is 5.56 Å². The fourth-order valence-corrected chi connectivity index (χ4v) is 1.86. The zero-order chi connectivity index (χ0) is 9.97. The molecule has 0 amide bonds. The van der Waals surface area contributed by atoms with Crippen molar-refractivity contribution >= 4 is 0 Å². The molecule has 1 saturated carbocycles. The van der Waals surface area contributed by atoms with Crippen LogP contribution in [0.15, 0.2) is 24.3 Å². The molecule has 2 nitrogen and oxygen atoms in total. The van der Waals surface area contributed by atoms with Gasteiger partial charge in [-0.05, 0) is 42.9 Å². The van der Waals surface area contributed by atoms with Crippen molar-refractivity contribution in [2.75, 3.05) is 13.2 Å². The zero-order valence-corrected chi connectivity index (χ0v) is 8.44.